The molecule has 4 heteroatoms. The summed E-state index contributed by atoms with van der Waals surface area (Å²) in [4.78, 5) is 24.5. The number of hydrogen-bond acceptors (Lipinski definition) is 2. The fourth-order valence-corrected chi connectivity index (χ4v) is 3.12. The zero-order valence-corrected chi connectivity index (χ0v) is 10.8. The maximum Gasteiger partial charge on any atom is 0.303 e. The van der Waals surface area contributed by atoms with E-state index < -0.39 is 5.97 Å². The molecule has 4 nitrogen and oxygen atoms in total. The Labute approximate surface area is 112 Å². The van der Waals surface area contributed by atoms with Gasteiger partial charge in [0.05, 0.1) is 5.69 Å². The second-order valence-corrected chi connectivity index (χ2v) is 5.31. The average molecular weight is 259 g/mol. The van der Waals surface area contributed by atoms with E-state index in [0.717, 1.165) is 37.1 Å². The van der Waals surface area contributed by atoms with Crippen molar-refractivity contribution >= 4 is 17.6 Å². The molecule has 0 atom stereocenters. The van der Waals surface area contributed by atoms with Gasteiger partial charge >= 0.3 is 5.97 Å². The van der Waals surface area contributed by atoms with Crippen LogP contribution in [-0.2, 0) is 28.9 Å². The Morgan fingerprint density at radius 2 is 1.95 bits per heavy atom. The van der Waals surface area contributed by atoms with Crippen LogP contribution in [-0.4, -0.2) is 23.5 Å². The van der Waals surface area contributed by atoms with E-state index in [1.54, 1.807) is 0 Å². The third-order valence-electron chi connectivity index (χ3n) is 3.96. The summed E-state index contributed by atoms with van der Waals surface area (Å²) in [5.74, 6) is -0.532. The molecule has 0 fully saturated rings. The third-order valence-corrected chi connectivity index (χ3v) is 3.96. The number of carbonyl (C=O) groups excluding carboxylic acids is 1. The molecule has 2 aliphatic rings. The molecule has 1 N–H and O–H groups in total. The molecule has 0 aliphatic carbocycles. The molecule has 0 bridgehead atoms. The average Bonchev–Trinajstić information content (AvgIpc) is 2.40. The van der Waals surface area contributed by atoms with Crippen LogP contribution < -0.4 is 4.90 Å². The molecular weight excluding hydrogens is 242 g/mol. The van der Waals surface area contributed by atoms with Gasteiger partial charge in [-0.3, -0.25) is 9.59 Å². The lowest BCUT2D eigenvalue weighted by Crippen LogP contribution is -2.39. The highest BCUT2D eigenvalue weighted by Gasteiger charge is 2.29. The van der Waals surface area contributed by atoms with E-state index in [4.69, 9.17) is 5.11 Å². The monoisotopic (exact) mass is 259 g/mol. The van der Waals surface area contributed by atoms with Gasteiger partial charge < -0.3 is 10.0 Å². The number of aliphatic carboxylic acids is 1. The molecule has 1 aromatic rings. The number of hydrogen-bond donors (Lipinski definition) is 1. The Morgan fingerprint density at radius 1 is 1.21 bits per heavy atom. The standard InChI is InChI=1S/C15H17NO3/c17-13-5-4-12-9-10(3-6-14(18)19)8-11-2-1-7-16(13)15(11)12/h8-9H,1-7H2,(H,18,19). The number of rotatable bonds is 3. The lowest BCUT2D eigenvalue weighted by atomic mass is 9.89. The molecule has 100 valence electrons. The van der Waals surface area contributed by atoms with Gasteiger partial charge in [0.15, 0.2) is 0 Å². The van der Waals surface area contributed by atoms with Crippen molar-refractivity contribution < 1.29 is 14.7 Å². The zero-order chi connectivity index (χ0) is 13.4. The SMILES string of the molecule is O=C(O)CCc1cc2c3c(c1)CCC(=O)N3CCC2. The molecule has 0 radical (unpaired) electrons. The normalized spacial score (nSPS) is 17.3. The third kappa shape index (κ3) is 2.23. The quantitative estimate of drug-likeness (QED) is 0.902. The first kappa shape index (κ1) is 12.2. The molecule has 1 aromatic carbocycles. The maximum absolute atomic E-state index is 11.9. The summed E-state index contributed by atoms with van der Waals surface area (Å²) in [6.45, 7) is 0.827. The fraction of sp³-hybridized carbons (Fsp3) is 0.467. The Morgan fingerprint density at radius 3 is 2.68 bits per heavy atom. The van der Waals surface area contributed by atoms with Crippen LogP contribution in [0.3, 0.4) is 0 Å². The van der Waals surface area contributed by atoms with Crippen LogP contribution in [0.15, 0.2) is 12.1 Å². The highest BCUT2D eigenvalue weighted by molar-refractivity contribution is 5.97. The first-order chi connectivity index (χ1) is 9.15. The summed E-state index contributed by atoms with van der Waals surface area (Å²) < 4.78 is 0. The smallest absolute Gasteiger partial charge is 0.303 e. The predicted octanol–water partition coefficient (Wildman–Crippen LogP) is 1.93. The van der Waals surface area contributed by atoms with Crippen molar-refractivity contribution in [1.29, 1.82) is 0 Å². The van der Waals surface area contributed by atoms with Crippen LogP contribution >= 0.6 is 0 Å². The first-order valence-corrected chi connectivity index (χ1v) is 6.82. The molecule has 0 saturated carbocycles. The summed E-state index contributed by atoms with van der Waals surface area (Å²) in [6.07, 6.45) is 4.10. The first-order valence-electron chi connectivity index (χ1n) is 6.82. The fourth-order valence-electron chi connectivity index (χ4n) is 3.12. The lowest BCUT2D eigenvalue weighted by Gasteiger charge is -2.35. The number of carboxylic acid groups (broad SMARTS) is 1. The molecule has 0 aromatic heterocycles. The number of benzene rings is 1. The Balaban J connectivity index is 1.97. The number of carbonyl (C=O) groups is 2. The van der Waals surface area contributed by atoms with Crippen LogP contribution in [0.1, 0.15) is 36.0 Å². The Kier molecular flexibility index (Phi) is 3.01. The van der Waals surface area contributed by atoms with E-state index >= 15 is 0 Å². The Bertz CT molecular complexity index is 533. The summed E-state index contributed by atoms with van der Waals surface area (Å²) in [5.41, 5.74) is 4.64. The van der Waals surface area contributed by atoms with Crippen LogP contribution in [0.4, 0.5) is 5.69 Å². The lowest BCUT2D eigenvalue weighted by molar-refractivity contribution is -0.137. The number of anilines is 1. The van der Waals surface area contributed by atoms with E-state index in [1.807, 2.05) is 4.90 Å². The van der Waals surface area contributed by atoms with E-state index in [1.165, 1.54) is 11.1 Å². The minimum atomic E-state index is -0.761. The van der Waals surface area contributed by atoms with Crippen LogP contribution in [0.5, 0.6) is 0 Å². The minimum Gasteiger partial charge on any atom is -0.481 e. The van der Waals surface area contributed by atoms with E-state index in [9.17, 15) is 9.59 Å². The molecule has 19 heavy (non-hydrogen) atoms. The van der Waals surface area contributed by atoms with Crippen molar-refractivity contribution in [3.63, 3.8) is 0 Å². The molecule has 0 unspecified atom stereocenters. The van der Waals surface area contributed by atoms with Gasteiger partial charge in [0.1, 0.15) is 0 Å². The van der Waals surface area contributed by atoms with Crippen LogP contribution in [0.2, 0.25) is 0 Å². The van der Waals surface area contributed by atoms with Crippen molar-refractivity contribution in [3.05, 3.63) is 28.8 Å². The maximum atomic E-state index is 11.9. The summed E-state index contributed by atoms with van der Waals surface area (Å²) in [5, 5.41) is 8.77. The molecule has 2 heterocycles. The van der Waals surface area contributed by atoms with Gasteiger partial charge in [-0.1, -0.05) is 12.1 Å². The Hall–Kier alpha value is -1.84. The topological polar surface area (TPSA) is 57.6 Å². The summed E-state index contributed by atoms with van der Waals surface area (Å²) in [6, 6.07) is 4.18. The summed E-state index contributed by atoms with van der Waals surface area (Å²) >= 11 is 0. The summed E-state index contributed by atoms with van der Waals surface area (Å²) in [7, 11) is 0. The highest BCUT2D eigenvalue weighted by atomic mass is 16.4. The second kappa shape index (κ2) is 4.68. The van der Waals surface area contributed by atoms with E-state index in [0.29, 0.717) is 12.8 Å². The number of amides is 1. The van der Waals surface area contributed by atoms with Gasteiger partial charge in [-0.25, -0.2) is 0 Å². The highest BCUT2D eigenvalue weighted by Crippen LogP contribution is 2.36. The van der Waals surface area contributed by atoms with Crippen molar-refractivity contribution in [2.24, 2.45) is 0 Å². The van der Waals surface area contributed by atoms with Gasteiger partial charge in [0.25, 0.3) is 0 Å². The van der Waals surface area contributed by atoms with Crippen LogP contribution in [0.25, 0.3) is 0 Å². The number of carboxylic acids is 1. The zero-order valence-electron chi connectivity index (χ0n) is 10.8. The molecule has 2 aliphatic heterocycles. The number of aryl methyl sites for hydroxylation is 3. The molecule has 3 rings (SSSR count). The van der Waals surface area contributed by atoms with Crippen LogP contribution in [0, 0.1) is 0 Å². The molecule has 0 spiro atoms. The van der Waals surface area contributed by atoms with Crippen molar-refractivity contribution in [2.45, 2.75) is 38.5 Å². The predicted molar refractivity (Wildman–Crippen MR) is 71.4 cm³/mol. The second-order valence-electron chi connectivity index (χ2n) is 5.31. The number of nitrogens with zero attached hydrogens (tertiary/aromatic N) is 1. The van der Waals surface area contributed by atoms with Gasteiger partial charge in [-0.15, -0.1) is 0 Å². The largest absolute Gasteiger partial charge is 0.481 e. The van der Waals surface area contributed by atoms with E-state index in [2.05, 4.69) is 12.1 Å². The van der Waals surface area contributed by atoms with Gasteiger partial charge in [-0.05, 0) is 42.4 Å². The van der Waals surface area contributed by atoms with Gasteiger partial charge in [0.2, 0.25) is 5.91 Å². The van der Waals surface area contributed by atoms with Gasteiger partial charge in [0, 0.05) is 19.4 Å². The molecule has 0 saturated heterocycles. The van der Waals surface area contributed by atoms with Gasteiger partial charge in [-0.2, -0.15) is 0 Å². The van der Waals surface area contributed by atoms with E-state index in [-0.39, 0.29) is 12.3 Å². The molecular formula is C15H17NO3. The van der Waals surface area contributed by atoms with Crippen molar-refractivity contribution in [3.8, 4) is 0 Å². The minimum absolute atomic E-state index is 0.168. The van der Waals surface area contributed by atoms with Crippen molar-refractivity contribution in [1.82, 2.24) is 0 Å². The van der Waals surface area contributed by atoms with Crippen molar-refractivity contribution in [2.75, 3.05) is 11.4 Å². The molecule has 1 amide bonds.